The van der Waals surface area contributed by atoms with E-state index in [-0.39, 0.29) is 12.3 Å². The summed E-state index contributed by atoms with van der Waals surface area (Å²) in [6.45, 7) is 4.22. The van der Waals surface area contributed by atoms with Gasteiger partial charge in [0.25, 0.3) is 0 Å². The van der Waals surface area contributed by atoms with E-state index in [0.29, 0.717) is 5.75 Å². The third kappa shape index (κ3) is 4.32. The van der Waals surface area contributed by atoms with Crippen LogP contribution in [0.2, 0.25) is 0 Å². The van der Waals surface area contributed by atoms with Crippen LogP contribution in [0.25, 0.3) is 0 Å². The Kier molecular flexibility index (Phi) is 5.21. The van der Waals surface area contributed by atoms with Gasteiger partial charge in [-0.2, -0.15) is 0 Å². The quantitative estimate of drug-likeness (QED) is 0.890. The van der Waals surface area contributed by atoms with E-state index in [1.165, 1.54) is 0 Å². The highest BCUT2D eigenvalue weighted by atomic mass is 32.2. The Balaban J connectivity index is 2.10. The maximum Gasteiger partial charge on any atom is 0.216 e. The van der Waals surface area contributed by atoms with Crippen molar-refractivity contribution in [3.05, 3.63) is 64.7 Å². The number of benzene rings is 2. The molecule has 0 aliphatic carbocycles. The molecule has 1 N–H and O–H groups in total. The van der Waals surface area contributed by atoms with Gasteiger partial charge in [0, 0.05) is 12.1 Å². The summed E-state index contributed by atoms with van der Waals surface area (Å²) < 4.78 is 32.3. The molecule has 0 amide bonds. The summed E-state index contributed by atoms with van der Waals surface area (Å²) in [5, 5.41) is 0. The molecule has 0 saturated carbocycles. The van der Waals surface area contributed by atoms with Crippen molar-refractivity contribution in [1.29, 1.82) is 0 Å². The SMILES string of the molecule is COc1cc(C)c(C)cc1CNS(=O)(=O)Cc1ccccc1. The van der Waals surface area contributed by atoms with Crippen molar-refractivity contribution in [3.8, 4) is 5.75 Å². The molecule has 0 unspecified atom stereocenters. The predicted octanol–water partition coefficient (Wildman–Crippen LogP) is 2.93. The fraction of sp³-hybridized carbons (Fsp3) is 0.294. The summed E-state index contributed by atoms with van der Waals surface area (Å²) in [7, 11) is -1.80. The van der Waals surface area contributed by atoms with Gasteiger partial charge >= 0.3 is 0 Å². The van der Waals surface area contributed by atoms with Crippen LogP contribution in [0.1, 0.15) is 22.3 Å². The number of ether oxygens (including phenoxy) is 1. The minimum atomic E-state index is -3.39. The van der Waals surface area contributed by atoms with Gasteiger partial charge in [0.1, 0.15) is 5.75 Å². The first-order valence-corrected chi connectivity index (χ1v) is 8.72. The fourth-order valence-corrected chi connectivity index (χ4v) is 3.32. The second-order valence-corrected chi connectivity index (χ2v) is 7.12. The van der Waals surface area contributed by atoms with E-state index in [4.69, 9.17) is 4.74 Å². The summed E-state index contributed by atoms with van der Waals surface area (Å²) in [6, 6.07) is 13.0. The first-order chi connectivity index (χ1) is 10.4. The van der Waals surface area contributed by atoms with Crippen molar-refractivity contribution in [2.75, 3.05) is 7.11 Å². The van der Waals surface area contributed by atoms with Gasteiger partial charge in [-0.05, 0) is 36.6 Å². The molecule has 0 spiro atoms. The van der Waals surface area contributed by atoms with Crippen molar-refractivity contribution in [2.24, 2.45) is 0 Å². The molecular formula is C17H21NO3S. The number of aryl methyl sites for hydroxylation is 2. The fourth-order valence-electron chi connectivity index (χ4n) is 2.21. The zero-order valence-electron chi connectivity index (χ0n) is 13.1. The summed E-state index contributed by atoms with van der Waals surface area (Å²) in [6.07, 6.45) is 0. The van der Waals surface area contributed by atoms with Gasteiger partial charge in [0.15, 0.2) is 0 Å². The highest BCUT2D eigenvalue weighted by Gasteiger charge is 2.13. The van der Waals surface area contributed by atoms with Crippen molar-refractivity contribution >= 4 is 10.0 Å². The zero-order chi connectivity index (χ0) is 16.2. The monoisotopic (exact) mass is 319 g/mol. The Hall–Kier alpha value is -1.85. The van der Waals surface area contributed by atoms with Crippen LogP contribution in [0.4, 0.5) is 0 Å². The van der Waals surface area contributed by atoms with Gasteiger partial charge in [0.2, 0.25) is 10.0 Å². The Labute approximate surface area is 132 Å². The standard InChI is InChI=1S/C17H21NO3S/c1-13-9-16(17(21-3)10-14(13)2)11-18-22(19,20)12-15-7-5-4-6-8-15/h4-10,18H,11-12H2,1-3H3. The van der Waals surface area contributed by atoms with Crippen LogP contribution < -0.4 is 9.46 Å². The van der Waals surface area contributed by atoms with Crippen molar-refractivity contribution in [2.45, 2.75) is 26.1 Å². The molecule has 0 bridgehead atoms. The molecule has 118 valence electrons. The molecule has 0 aliphatic heterocycles. The number of nitrogens with one attached hydrogen (secondary N) is 1. The average Bonchev–Trinajstić information content (AvgIpc) is 2.48. The van der Waals surface area contributed by atoms with E-state index in [2.05, 4.69) is 4.72 Å². The van der Waals surface area contributed by atoms with E-state index in [1.54, 1.807) is 19.2 Å². The number of methoxy groups -OCH3 is 1. The van der Waals surface area contributed by atoms with Crippen LogP contribution in [0.5, 0.6) is 5.75 Å². The lowest BCUT2D eigenvalue weighted by atomic mass is 10.1. The molecule has 2 aromatic rings. The molecule has 0 aliphatic rings. The molecular weight excluding hydrogens is 298 g/mol. The summed E-state index contributed by atoms with van der Waals surface area (Å²) in [5.74, 6) is 0.673. The van der Waals surface area contributed by atoms with Gasteiger partial charge in [0.05, 0.1) is 12.9 Å². The topological polar surface area (TPSA) is 55.4 Å². The van der Waals surface area contributed by atoms with E-state index in [9.17, 15) is 8.42 Å². The summed E-state index contributed by atoms with van der Waals surface area (Å²) >= 11 is 0. The molecule has 2 rings (SSSR count). The van der Waals surface area contributed by atoms with E-state index in [0.717, 1.165) is 22.3 Å². The maximum atomic E-state index is 12.2. The van der Waals surface area contributed by atoms with E-state index < -0.39 is 10.0 Å². The molecule has 0 radical (unpaired) electrons. The lowest BCUT2D eigenvalue weighted by Crippen LogP contribution is -2.25. The smallest absolute Gasteiger partial charge is 0.216 e. The second-order valence-electron chi connectivity index (χ2n) is 5.31. The van der Waals surface area contributed by atoms with Gasteiger partial charge in [-0.25, -0.2) is 13.1 Å². The zero-order valence-corrected chi connectivity index (χ0v) is 13.9. The molecule has 5 heteroatoms. The average molecular weight is 319 g/mol. The molecule has 0 atom stereocenters. The highest BCUT2D eigenvalue weighted by molar-refractivity contribution is 7.88. The van der Waals surface area contributed by atoms with E-state index in [1.807, 2.05) is 44.2 Å². The Morgan fingerprint density at radius 1 is 1.05 bits per heavy atom. The Bertz CT molecular complexity index is 740. The summed E-state index contributed by atoms with van der Waals surface area (Å²) in [5.41, 5.74) is 3.83. The second kappa shape index (κ2) is 6.94. The predicted molar refractivity (Wildman–Crippen MR) is 88.4 cm³/mol. The van der Waals surface area contributed by atoms with Gasteiger partial charge in [-0.1, -0.05) is 36.4 Å². The molecule has 4 nitrogen and oxygen atoms in total. The Morgan fingerprint density at radius 3 is 2.32 bits per heavy atom. The first-order valence-electron chi connectivity index (χ1n) is 7.06. The van der Waals surface area contributed by atoms with Crippen LogP contribution in [0.3, 0.4) is 0 Å². The molecule has 2 aromatic carbocycles. The molecule has 0 saturated heterocycles. The van der Waals surface area contributed by atoms with Crippen molar-refractivity contribution in [3.63, 3.8) is 0 Å². The number of hydrogen-bond donors (Lipinski definition) is 1. The van der Waals surface area contributed by atoms with Crippen molar-refractivity contribution < 1.29 is 13.2 Å². The van der Waals surface area contributed by atoms with Crippen LogP contribution >= 0.6 is 0 Å². The highest BCUT2D eigenvalue weighted by Crippen LogP contribution is 2.23. The number of hydrogen-bond acceptors (Lipinski definition) is 3. The molecule has 22 heavy (non-hydrogen) atoms. The minimum absolute atomic E-state index is 0.0268. The molecule has 0 fully saturated rings. The molecule has 0 aromatic heterocycles. The third-order valence-electron chi connectivity index (χ3n) is 3.58. The van der Waals surface area contributed by atoms with Gasteiger partial charge in [-0.15, -0.1) is 0 Å². The lowest BCUT2D eigenvalue weighted by Gasteiger charge is -2.13. The molecule has 0 heterocycles. The van der Waals surface area contributed by atoms with Crippen LogP contribution in [-0.4, -0.2) is 15.5 Å². The first kappa shape index (κ1) is 16.5. The number of rotatable bonds is 6. The van der Waals surface area contributed by atoms with Gasteiger partial charge in [-0.3, -0.25) is 0 Å². The van der Waals surface area contributed by atoms with Crippen molar-refractivity contribution in [1.82, 2.24) is 4.72 Å². The van der Waals surface area contributed by atoms with Crippen LogP contribution in [-0.2, 0) is 22.3 Å². The van der Waals surface area contributed by atoms with Gasteiger partial charge < -0.3 is 4.74 Å². The van der Waals surface area contributed by atoms with Crippen LogP contribution in [0.15, 0.2) is 42.5 Å². The summed E-state index contributed by atoms with van der Waals surface area (Å²) in [4.78, 5) is 0. The number of sulfonamides is 1. The minimum Gasteiger partial charge on any atom is -0.496 e. The largest absolute Gasteiger partial charge is 0.496 e. The maximum absolute atomic E-state index is 12.2. The lowest BCUT2D eigenvalue weighted by molar-refractivity contribution is 0.408. The van der Waals surface area contributed by atoms with E-state index >= 15 is 0 Å². The third-order valence-corrected chi connectivity index (χ3v) is 4.88. The normalized spacial score (nSPS) is 11.4. The Morgan fingerprint density at radius 2 is 1.68 bits per heavy atom. The van der Waals surface area contributed by atoms with Crippen LogP contribution in [0, 0.1) is 13.8 Å².